The second-order valence-corrected chi connectivity index (χ2v) is 5.39. The van der Waals surface area contributed by atoms with E-state index in [0.717, 1.165) is 49.7 Å². The van der Waals surface area contributed by atoms with E-state index in [0.29, 0.717) is 0 Å². The second kappa shape index (κ2) is 5.45. The third kappa shape index (κ3) is 2.59. The molecule has 1 fully saturated rings. The molecule has 0 bridgehead atoms. The number of nitrogens with one attached hydrogen (secondary N) is 1. The van der Waals surface area contributed by atoms with E-state index < -0.39 is 0 Å². The number of para-hydroxylation sites is 1. The van der Waals surface area contributed by atoms with Crippen LogP contribution in [-0.4, -0.2) is 47.3 Å². The molecule has 3 rings (SSSR count). The third-order valence-electron chi connectivity index (χ3n) is 3.76. The SMILES string of the molecule is Cc1cccc2c1[nH]c(=S)n2CCN1CCOCC1. The van der Waals surface area contributed by atoms with E-state index >= 15 is 0 Å². The van der Waals surface area contributed by atoms with Crippen molar-refractivity contribution in [1.82, 2.24) is 14.5 Å². The molecule has 4 nitrogen and oxygen atoms in total. The summed E-state index contributed by atoms with van der Waals surface area (Å²) in [4.78, 5) is 5.75. The van der Waals surface area contributed by atoms with Crippen LogP contribution in [0.15, 0.2) is 18.2 Å². The maximum absolute atomic E-state index is 5.44. The lowest BCUT2D eigenvalue weighted by Crippen LogP contribution is -2.38. The Bertz CT molecular complexity index is 625. The van der Waals surface area contributed by atoms with Crippen LogP contribution in [0.2, 0.25) is 0 Å². The maximum atomic E-state index is 5.44. The zero-order chi connectivity index (χ0) is 13.2. The molecule has 0 spiro atoms. The maximum Gasteiger partial charge on any atom is 0.178 e. The quantitative estimate of drug-likeness (QED) is 0.874. The van der Waals surface area contributed by atoms with E-state index in [1.165, 1.54) is 11.1 Å². The second-order valence-electron chi connectivity index (χ2n) is 5.00. The van der Waals surface area contributed by atoms with Crippen LogP contribution in [0.5, 0.6) is 0 Å². The van der Waals surface area contributed by atoms with Gasteiger partial charge in [-0.25, -0.2) is 0 Å². The van der Waals surface area contributed by atoms with Crippen LogP contribution in [0.25, 0.3) is 11.0 Å². The molecule has 1 aliphatic rings. The fourth-order valence-electron chi connectivity index (χ4n) is 2.61. The normalized spacial score (nSPS) is 17.1. The molecule has 5 heteroatoms. The molecule has 2 heterocycles. The molecule has 0 unspecified atom stereocenters. The Morgan fingerprint density at radius 1 is 1.26 bits per heavy atom. The molecule has 0 radical (unpaired) electrons. The van der Waals surface area contributed by atoms with E-state index in [1.807, 2.05) is 0 Å². The van der Waals surface area contributed by atoms with E-state index in [2.05, 4.69) is 39.6 Å². The summed E-state index contributed by atoms with van der Waals surface area (Å²) >= 11 is 5.44. The molecule has 1 aliphatic heterocycles. The van der Waals surface area contributed by atoms with Crippen LogP contribution < -0.4 is 0 Å². The topological polar surface area (TPSA) is 33.2 Å². The molecule has 0 amide bonds. The van der Waals surface area contributed by atoms with Gasteiger partial charge < -0.3 is 14.3 Å². The first-order chi connectivity index (χ1) is 9.25. The summed E-state index contributed by atoms with van der Waals surface area (Å²) in [5, 5.41) is 0. The van der Waals surface area contributed by atoms with Crippen molar-refractivity contribution in [3.8, 4) is 0 Å². The Hall–Kier alpha value is -1.17. The van der Waals surface area contributed by atoms with Crippen molar-refractivity contribution in [2.75, 3.05) is 32.8 Å². The Morgan fingerprint density at radius 3 is 2.84 bits per heavy atom. The fraction of sp³-hybridized carbons (Fsp3) is 0.500. The van der Waals surface area contributed by atoms with E-state index in [9.17, 15) is 0 Å². The zero-order valence-electron chi connectivity index (χ0n) is 11.2. The van der Waals surface area contributed by atoms with Gasteiger partial charge in [-0.15, -0.1) is 0 Å². The highest BCUT2D eigenvalue weighted by molar-refractivity contribution is 7.71. The van der Waals surface area contributed by atoms with Crippen LogP contribution in [0.3, 0.4) is 0 Å². The summed E-state index contributed by atoms with van der Waals surface area (Å²) in [6.45, 7) is 7.81. The number of rotatable bonds is 3. The van der Waals surface area contributed by atoms with Crippen molar-refractivity contribution in [2.24, 2.45) is 0 Å². The standard InChI is InChI=1S/C14H19N3OS/c1-11-3-2-4-12-13(11)15-14(19)17(12)6-5-16-7-9-18-10-8-16/h2-4H,5-10H2,1H3,(H,15,19). The molecule has 0 aliphatic carbocycles. The van der Waals surface area contributed by atoms with Gasteiger partial charge in [0, 0.05) is 26.2 Å². The monoisotopic (exact) mass is 277 g/mol. The third-order valence-corrected chi connectivity index (χ3v) is 4.08. The van der Waals surface area contributed by atoms with Gasteiger partial charge in [-0.1, -0.05) is 12.1 Å². The summed E-state index contributed by atoms with van der Waals surface area (Å²) in [5.74, 6) is 0. The van der Waals surface area contributed by atoms with Crippen molar-refractivity contribution >= 4 is 23.3 Å². The first kappa shape index (κ1) is 12.8. The van der Waals surface area contributed by atoms with Crippen LogP contribution in [0.4, 0.5) is 0 Å². The number of fused-ring (bicyclic) bond motifs is 1. The van der Waals surface area contributed by atoms with Gasteiger partial charge in [0.1, 0.15) is 0 Å². The molecule has 1 N–H and O–H groups in total. The highest BCUT2D eigenvalue weighted by Gasteiger charge is 2.11. The highest BCUT2D eigenvalue weighted by atomic mass is 32.1. The lowest BCUT2D eigenvalue weighted by atomic mass is 10.2. The average molecular weight is 277 g/mol. The molecule has 0 saturated carbocycles. The van der Waals surface area contributed by atoms with Gasteiger partial charge in [-0.2, -0.15) is 0 Å². The number of morpholine rings is 1. The molecule has 19 heavy (non-hydrogen) atoms. The number of ether oxygens (including phenoxy) is 1. The minimum Gasteiger partial charge on any atom is -0.379 e. The summed E-state index contributed by atoms with van der Waals surface area (Å²) < 4.78 is 8.39. The summed E-state index contributed by atoms with van der Waals surface area (Å²) in [5.41, 5.74) is 3.61. The molecule has 102 valence electrons. The van der Waals surface area contributed by atoms with Gasteiger partial charge in [0.2, 0.25) is 0 Å². The van der Waals surface area contributed by atoms with Crippen LogP contribution in [0.1, 0.15) is 5.56 Å². The lowest BCUT2D eigenvalue weighted by molar-refractivity contribution is 0.0365. The predicted molar refractivity (Wildman–Crippen MR) is 79.1 cm³/mol. The fourth-order valence-corrected chi connectivity index (χ4v) is 2.90. The lowest BCUT2D eigenvalue weighted by Gasteiger charge is -2.26. The number of hydrogen-bond acceptors (Lipinski definition) is 3. The van der Waals surface area contributed by atoms with Crippen molar-refractivity contribution < 1.29 is 4.74 Å². The molecular formula is C14H19N3OS. The number of benzene rings is 1. The van der Waals surface area contributed by atoms with Crippen molar-refractivity contribution in [1.29, 1.82) is 0 Å². The van der Waals surface area contributed by atoms with E-state index in [4.69, 9.17) is 17.0 Å². The molecule has 2 aromatic rings. The van der Waals surface area contributed by atoms with Gasteiger partial charge in [0.25, 0.3) is 0 Å². The molecule has 1 saturated heterocycles. The predicted octanol–water partition coefficient (Wildman–Crippen LogP) is 2.34. The Morgan fingerprint density at radius 2 is 2.05 bits per heavy atom. The summed E-state index contributed by atoms with van der Waals surface area (Å²) in [6.07, 6.45) is 0. The number of H-pyrrole nitrogens is 1. The van der Waals surface area contributed by atoms with Gasteiger partial charge >= 0.3 is 0 Å². The van der Waals surface area contributed by atoms with Gasteiger partial charge in [0.05, 0.1) is 24.2 Å². The Kier molecular flexibility index (Phi) is 3.68. The first-order valence-electron chi connectivity index (χ1n) is 6.74. The number of aromatic amines is 1. The minimum atomic E-state index is 0.817. The Labute approximate surface area is 118 Å². The first-order valence-corrected chi connectivity index (χ1v) is 7.15. The zero-order valence-corrected chi connectivity index (χ0v) is 12.0. The molecular weight excluding hydrogens is 258 g/mol. The summed E-state index contributed by atoms with van der Waals surface area (Å²) in [6, 6.07) is 6.33. The smallest absolute Gasteiger partial charge is 0.178 e. The number of imidazole rings is 1. The van der Waals surface area contributed by atoms with Crippen molar-refractivity contribution in [3.63, 3.8) is 0 Å². The van der Waals surface area contributed by atoms with Gasteiger partial charge in [0.15, 0.2) is 4.77 Å². The van der Waals surface area contributed by atoms with E-state index in [1.54, 1.807) is 0 Å². The average Bonchev–Trinajstić information content (AvgIpc) is 2.75. The Balaban J connectivity index is 1.82. The van der Waals surface area contributed by atoms with Gasteiger partial charge in [-0.05, 0) is 30.8 Å². The minimum absolute atomic E-state index is 0.817. The van der Waals surface area contributed by atoms with Gasteiger partial charge in [-0.3, -0.25) is 4.90 Å². The molecule has 1 aromatic carbocycles. The van der Waals surface area contributed by atoms with Crippen LogP contribution >= 0.6 is 12.2 Å². The number of hydrogen-bond donors (Lipinski definition) is 1. The van der Waals surface area contributed by atoms with E-state index in [-0.39, 0.29) is 0 Å². The number of aryl methyl sites for hydroxylation is 1. The highest BCUT2D eigenvalue weighted by Crippen LogP contribution is 2.17. The number of aromatic nitrogens is 2. The molecule has 1 aromatic heterocycles. The largest absolute Gasteiger partial charge is 0.379 e. The van der Waals surface area contributed by atoms with Crippen molar-refractivity contribution in [3.05, 3.63) is 28.5 Å². The molecule has 0 atom stereocenters. The van der Waals surface area contributed by atoms with Crippen LogP contribution in [-0.2, 0) is 11.3 Å². The van der Waals surface area contributed by atoms with Crippen molar-refractivity contribution in [2.45, 2.75) is 13.5 Å². The summed E-state index contributed by atoms with van der Waals surface area (Å²) in [7, 11) is 0. The van der Waals surface area contributed by atoms with Crippen LogP contribution in [0, 0.1) is 11.7 Å². The number of nitrogens with zero attached hydrogens (tertiary/aromatic N) is 2.